The van der Waals surface area contributed by atoms with Gasteiger partial charge in [0.1, 0.15) is 0 Å². The Morgan fingerprint density at radius 2 is 2.17 bits per heavy atom. The molecule has 23 heavy (non-hydrogen) atoms. The van der Waals surface area contributed by atoms with Gasteiger partial charge in [-0.05, 0) is 29.7 Å². The number of carbonyl (C=O) groups excluding carboxylic acids is 1. The minimum Gasteiger partial charge on any atom is -0.346 e. The summed E-state index contributed by atoms with van der Waals surface area (Å²) in [5, 5.41) is 14.0. The average molecular weight is 312 g/mol. The maximum absolute atomic E-state index is 11.3. The van der Waals surface area contributed by atoms with E-state index in [9.17, 15) is 14.9 Å². The number of anilines is 2. The number of benzene rings is 1. The van der Waals surface area contributed by atoms with Crippen LogP contribution in [0, 0.1) is 10.1 Å². The van der Waals surface area contributed by atoms with Crippen molar-refractivity contribution in [1.82, 2.24) is 4.98 Å². The molecule has 0 aliphatic carbocycles. The summed E-state index contributed by atoms with van der Waals surface area (Å²) in [6, 6.07) is 8.75. The smallest absolute Gasteiger partial charge is 0.311 e. The molecule has 1 aliphatic heterocycles. The van der Waals surface area contributed by atoms with Crippen LogP contribution in [-0.4, -0.2) is 22.4 Å². The molecule has 3 rings (SSSR count). The van der Waals surface area contributed by atoms with Crippen LogP contribution in [0.15, 0.2) is 36.5 Å². The Kier molecular flexibility index (Phi) is 3.92. The number of nitro groups is 1. The van der Waals surface area contributed by atoms with E-state index in [1.807, 2.05) is 23.1 Å². The van der Waals surface area contributed by atoms with Gasteiger partial charge in [-0.15, -0.1) is 0 Å². The highest BCUT2D eigenvalue weighted by molar-refractivity contribution is 5.89. The van der Waals surface area contributed by atoms with Gasteiger partial charge in [-0.25, -0.2) is 4.98 Å². The summed E-state index contributed by atoms with van der Waals surface area (Å²) in [5.74, 6) is 0.272. The second-order valence-corrected chi connectivity index (χ2v) is 5.40. The summed E-state index contributed by atoms with van der Waals surface area (Å²) in [7, 11) is 0. The first kappa shape index (κ1) is 15.0. The monoisotopic (exact) mass is 312 g/mol. The summed E-state index contributed by atoms with van der Waals surface area (Å²) in [6.45, 7) is 2.62. The average Bonchev–Trinajstić information content (AvgIpc) is 2.54. The second-order valence-electron chi connectivity index (χ2n) is 5.40. The number of fused-ring (bicyclic) bond motifs is 1. The summed E-state index contributed by atoms with van der Waals surface area (Å²) in [4.78, 5) is 28.1. The van der Waals surface area contributed by atoms with Crippen LogP contribution in [0.3, 0.4) is 0 Å². The van der Waals surface area contributed by atoms with Gasteiger partial charge < -0.3 is 10.2 Å². The van der Waals surface area contributed by atoms with E-state index in [4.69, 9.17) is 0 Å². The third-order valence-electron chi connectivity index (χ3n) is 3.84. The topological polar surface area (TPSA) is 88.4 Å². The second kappa shape index (κ2) is 6.04. The standard InChI is InChI=1S/C16H16N4O3/c1-11(21)18-14-5-2-4-12-10-19(9-7-13(12)14)16-15(20(22)23)6-3-8-17-16/h2-6,8H,7,9-10H2,1H3,(H,18,21). The number of amides is 1. The van der Waals surface area contributed by atoms with E-state index in [-0.39, 0.29) is 11.6 Å². The fraction of sp³-hybridized carbons (Fsp3) is 0.250. The van der Waals surface area contributed by atoms with E-state index in [1.54, 1.807) is 12.3 Å². The normalized spacial score (nSPS) is 13.3. The molecule has 2 heterocycles. The van der Waals surface area contributed by atoms with Gasteiger partial charge in [0.05, 0.1) is 4.92 Å². The van der Waals surface area contributed by atoms with Gasteiger partial charge in [-0.1, -0.05) is 12.1 Å². The highest BCUT2D eigenvalue weighted by Crippen LogP contribution is 2.32. The van der Waals surface area contributed by atoms with Crippen molar-refractivity contribution in [2.45, 2.75) is 19.9 Å². The predicted octanol–water partition coefficient (Wildman–Crippen LogP) is 2.51. The summed E-state index contributed by atoms with van der Waals surface area (Å²) in [6.07, 6.45) is 2.26. The Morgan fingerprint density at radius 1 is 1.35 bits per heavy atom. The number of aromatic nitrogens is 1. The fourth-order valence-electron chi connectivity index (χ4n) is 2.87. The van der Waals surface area contributed by atoms with Crippen LogP contribution in [-0.2, 0) is 17.8 Å². The Labute approximate surface area is 133 Å². The van der Waals surface area contributed by atoms with Gasteiger partial charge >= 0.3 is 5.69 Å². The van der Waals surface area contributed by atoms with E-state index in [1.165, 1.54) is 13.0 Å². The Bertz CT molecular complexity index is 776. The molecule has 0 bridgehead atoms. The van der Waals surface area contributed by atoms with Crippen LogP contribution in [0.25, 0.3) is 0 Å². The Morgan fingerprint density at radius 3 is 2.91 bits per heavy atom. The van der Waals surface area contributed by atoms with E-state index in [2.05, 4.69) is 10.3 Å². The highest BCUT2D eigenvalue weighted by atomic mass is 16.6. The molecule has 0 saturated carbocycles. The van der Waals surface area contributed by atoms with Crippen molar-refractivity contribution < 1.29 is 9.72 Å². The first-order chi connectivity index (χ1) is 11.1. The molecule has 7 heteroatoms. The fourth-order valence-corrected chi connectivity index (χ4v) is 2.87. The zero-order valence-electron chi connectivity index (χ0n) is 12.7. The molecule has 1 N–H and O–H groups in total. The summed E-state index contributed by atoms with van der Waals surface area (Å²) in [5.41, 5.74) is 2.94. The minimum atomic E-state index is -0.411. The molecule has 0 atom stereocenters. The molecule has 0 fully saturated rings. The number of pyridine rings is 1. The molecule has 1 amide bonds. The van der Waals surface area contributed by atoms with Gasteiger partial charge in [0.25, 0.3) is 0 Å². The number of nitrogens with zero attached hydrogens (tertiary/aromatic N) is 3. The van der Waals surface area contributed by atoms with Crippen molar-refractivity contribution in [3.05, 3.63) is 57.8 Å². The first-order valence-corrected chi connectivity index (χ1v) is 7.29. The Hall–Kier alpha value is -2.96. The largest absolute Gasteiger partial charge is 0.346 e. The third kappa shape index (κ3) is 2.98. The van der Waals surface area contributed by atoms with Gasteiger partial charge in [0, 0.05) is 38.0 Å². The van der Waals surface area contributed by atoms with E-state index < -0.39 is 4.92 Å². The summed E-state index contributed by atoms with van der Waals surface area (Å²) < 4.78 is 0. The van der Waals surface area contributed by atoms with E-state index >= 15 is 0 Å². The number of carbonyl (C=O) groups is 1. The maximum atomic E-state index is 11.3. The van der Waals surface area contributed by atoms with Crippen molar-refractivity contribution in [3.63, 3.8) is 0 Å². The molecule has 0 saturated heterocycles. The zero-order valence-corrected chi connectivity index (χ0v) is 12.7. The van der Waals surface area contributed by atoms with Gasteiger partial charge in [-0.3, -0.25) is 14.9 Å². The molecule has 7 nitrogen and oxygen atoms in total. The molecule has 1 aliphatic rings. The van der Waals surface area contributed by atoms with E-state index in [0.717, 1.165) is 16.8 Å². The van der Waals surface area contributed by atoms with Crippen molar-refractivity contribution in [2.24, 2.45) is 0 Å². The lowest BCUT2D eigenvalue weighted by Gasteiger charge is -2.30. The van der Waals surface area contributed by atoms with Crippen LogP contribution >= 0.6 is 0 Å². The molecule has 1 aromatic heterocycles. The van der Waals surface area contributed by atoms with Crippen LogP contribution in [0.2, 0.25) is 0 Å². The van der Waals surface area contributed by atoms with Crippen molar-refractivity contribution >= 4 is 23.1 Å². The highest BCUT2D eigenvalue weighted by Gasteiger charge is 2.25. The van der Waals surface area contributed by atoms with Gasteiger partial charge in [-0.2, -0.15) is 0 Å². The van der Waals surface area contributed by atoms with Crippen LogP contribution in [0.1, 0.15) is 18.1 Å². The number of hydrogen-bond donors (Lipinski definition) is 1. The van der Waals surface area contributed by atoms with Crippen LogP contribution in [0.5, 0.6) is 0 Å². The number of rotatable bonds is 3. The number of nitrogens with one attached hydrogen (secondary N) is 1. The predicted molar refractivity (Wildman–Crippen MR) is 86.4 cm³/mol. The quantitative estimate of drug-likeness (QED) is 0.695. The zero-order chi connectivity index (χ0) is 16.4. The molecular weight excluding hydrogens is 296 g/mol. The first-order valence-electron chi connectivity index (χ1n) is 7.29. The lowest BCUT2D eigenvalue weighted by molar-refractivity contribution is -0.384. The molecule has 0 radical (unpaired) electrons. The lowest BCUT2D eigenvalue weighted by Crippen LogP contribution is -2.32. The number of hydrogen-bond acceptors (Lipinski definition) is 5. The molecular formula is C16H16N4O3. The molecule has 118 valence electrons. The SMILES string of the molecule is CC(=O)Nc1cccc2c1CCN(c1ncccc1[N+](=O)[O-])C2. The maximum Gasteiger partial charge on any atom is 0.311 e. The lowest BCUT2D eigenvalue weighted by atomic mass is 9.97. The van der Waals surface area contributed by atoms with Crippen molar-refractivity contribution in [2.75, 3.05) is 16.8 Å². The van der Waals surface area contributed by atoms with Gasteiger partial charge in [0.2, 0.25) is 11.7 Å². The third-order valence-corrected chi connectivity index (χ3v) is 3.84. The molecule has 2 aromatic rings. The van der Waals surface area contributed by atoms with Crippen LogP contribution in [0.4, 0.5) is 17.2 Å². The molecule has 0 unspecified atom stereocenters. The van der Waals surface area contributed by atoms with Crippen LogP contribution < -0.4 is 10.2 Å². The van der Waals surface area contributed by atoms with Gasteiger partial charge in [0.15, 0.2) is 0 Å². The Balaban J connectivity index is 1.92. The summed E-state index contributed by atoms with van der Waals surface area (Å²) >= 11 is 0. The van der Waals surface area contributed by atoms with E-state index in [0.29, 0.717) is 25.3 Å². The van der Waals surface area contributed by atoms with Crippen molar-refractivity contribution in [3.8, 4) is 0 Å². The molecule has 0 spiro atoms. The molecule has 1 aromatic carbocycles. The minimum absolute atomic E-state index is 0.00830. The van der Waals surface area contributed by atoms with Crippen molar-refractivity contribution in [1.29, 1.82) is 0 Å².